The summed E-state index contributed by atoms with van der Waals surface area (Å²) in [5, 5.41) is 2.99. The minimum Gasteiger partial charge on any atom is -0.352 e. The fourth-order valence-electron chi connectivity index (χ4n) is 2.88. The van der Waals surface area contributed by atoms with E-state index in [1.54, 1.807) is 0 Å². The van der Waals surface area contributed by atoms with E-state index >= 15 is 0 Å². The molecule has 0 fully saturated rings. The van der Waals surface area contributed by atoms with Crippen LogP contribution in [0.5, 0.6) is 0 Å². The highest BCUT2D eigenvalue weighted by atomic mass is 16.1. The maximum atomic E-state index is 12.2. The molecule has 1 aromatic heterocycles. The smallest absolute Gasteiger partial charge is 0.251 e. The van der Waals surface area contributed by atoms with Crippen molar-refractivity contribution in [2.75, 3.05) is 6.54 Å². The van der Waals surface area contributed by atoms with Crippen molar-refractivity contribution < 1.29 is 4.79 Å². The Morgan fingerprint density at radius 1 is 1.12 bits per heavy atom. The minimum atomic E-state index is -0.0341. The molecule has 0 saturated carbocycles. The molecule has 0 aliphatic heterocycles. The van der Waals surface area contributed by atoms with E-state index in [2.05, 4.69) is 22.9 Å². The zero-order valence-corrected chi connectivity index (χ0v) is 14.2. The van der Waals surface area contributed by atoms with Crippen molar-refractivity contribution in [2.45, 2.75) is 33.2 Å². The molecule has 0 radical (unpaired) electrons. The van der Waals surface area contributed by atoms with E-state index in [1.807, 2.05) is 49.4 Å². The number of carbonyl (C=O) groups excluding carboxylic acids is 1. The number of aromatic nitrogens is 2. The minimum absolute atomic E-state index is 0.0341. The van der Waals surface area contributed by atoms with Crippen molar-refractivity contribution in [3.05, 3.63) is 65.5 Å². The molecule has 4 heteroatoms. The molecule has 0 atom stereocenters. The maximum Gasteiger partial charge on any atom is 0.251 e. The van der Waals surface area contributed by atoms with Crippen LogP contribution in [-0.4, -0.2) is 22.0 Å². The van der Waals surface area contributed by atoms with Gasteiger partial charge in [0.1, 0.15) is 5.82 Å². The Bertz CT molecular complexity index is 834. The fraction of sp³-hybridized carbons (Fsp3) is 0.300. The molecule has 0 bridgehead atoms. The number of amides is 1. The summed E-state index contributed by atoms with van der Waals surface area (Å²) in [5.74, 6) is 0.996. The van der Waals surface area contributed by atoms with Gasteiger partial charge < -0.3 is 9.88 Å². The summed E-state index contributed by atoms with van der Waals surface area (Å²) >= 11 is 0. The van der Waals surface area contributed by atoms with Crippen LogP contribution in [-0.2, 0) is 13.0 Å². The van der Waals surface area contributed by atoms with Gasteiger partial charge in [0.25, 0.3) is 5.91 Å². The van der Waals surface area contributed by atoms with Gasteiger partial charge in [-0.2, -0.15) is 0 Å². The van der Waals surface area contributed by atoms with Crippen LogP contribution in [0.15, 0.2) is 48.5 Å². The van der Waals surface area contributed by atoms with Gasteiger partial charge in [-0.3, -0.25) is 4.79 Å². The van der Waals surface area contributed by atoms with Gasteiger partial charge in [-0.1, -0.05) is 36.8 Å². The second-order valence-electron chi connectivity index (χ2n) is 6.04. The third-order valence-corrected chi connectivity index (χ3v) is 4.13. The van der Waals surface area contributed by atoms with E-state index in [0.29, 0.717) is 12.1 Å². The Morgan fingerprint density at radius 2 is 1.88 bits per heavy atom. The summed E-state index contributed by atoms with van der Waals surface area (Å²) < 4.78 is 2.26. The van der Waals surface area contributed by atoms with Gasteiger partial charge in [-0.05, 0) is 37.6 Å². The molecule has 0 unspecified atom stereocenters. The van der Waals surface area contributed by atoms with E-state index in [1.165, 1.54) is 5.52 Å². The number of fused-ring (bicyclic) bond motifs is 1. The van der Waals surface area contributed by atoms with Gasteiger partial charge >= 0.3 is 0 Å². The zero-order chi connectivity index (χ0) is 16.9. The topological polar surface area (TPSA) is 46.9 Å². The van der Waals surface area contributed by atoms with Crippen LogP contribution in [0.1, 0.15) is 35.1 Å². The number of nitrogens with one attached hydrogen (secondary N) is 1. The molecule has 2 aromatic carbocycles. The van der Waals surface area contributed by atoms with E-state index in [0.717, 1.165) is 36.3 Å². The summed E-state index contributed by atoms with van der Waals surface area (Å²) in [6, 6.07) is 15.8. The van der Waals surface area contributed by atoms with Crippen LogP contribution in [0, 0.1) is 6.92 Å². The van der Waals surface area contributed by atoms with Crippen LogP contribution < -0.4 is 5.32 Å². The van der Waals surface area contributed by atoms with E-state index in [-0.39, 0.29) is 5.91 Å². The highest BCUT2D eigenvalue weighted by molar-refractivity contribution is 5.94. The number of imidazole rings is 1. The van der Waals surface area contributed by atoms with Crippen LogP contribution in [0.3, 0.4) is 0 Å². The largest absolute Gasteiger partial charge is 0.352 e. The lowest BCUT2D eigenvalue weighted by atomic mass is 10.1. The van der Waals surface area contributed by atoms with E-state index < -0.39 is 0 Å². The first kappa shape index (κ1) is 16.2. The van der Waals surface area contributed by atoms with Crippen LogP contribution in [0.25, 0.3) is 11.0 Å². The summed E-state index contributed by atoms with van der Waals surface area (Å²) in [7, 11) is 0. The van der Waals surface area contributed by atoms with Gasteiger partial charge in [-0.25, -0.2) is 4.98 Å². The number of hydrogen-bond acceptors (Lipinski definition) is 2. The Labute approximate surface area is 142 Å². The SMILES string of the molecule is CCCn1c(CCNC(=O)c2ccc(C)cc2)nc2ccccc21. The van der Waals surface area contributed by atoms with Gasteiger partial charge in [0, 0.05) is 25.1 Å². The standard InChI is InChI=1S/C20H23N3O/c1-3-14-23-18-7-5-4-6-17(18)22-19(23)12-13-21-20(24)16-10-8-15(2)9-11-16/h4-11H,3,12-14H2,1-2H3,(H,21,24). The van der Waals surface area contributed by atoms with Crippen molar-refractivity contribution in [1.82, 2.24) is 14.9 Å². The molecule has 0 saturated heterocycles. The molecule has 0 aliphatic carbocycles. The van der Waals surface area contributed by atoms with Crippen molar-refractivity contribution in [3.63, 3.8) is 0 Å². The Balaban J connectivity index is 1.68. The van der Waals surface area contributed by atoms with Gasteiger partial charge in [0.15, 0.2) is 0 Å². The van der Waals surface area contributed by atoms with Crippen molar-refractivity contribution >= 4 is 16.9 Å². The number of nitrogens with zero attached hydrogens (tertiary/aromatic N) is 2. The number of rotatable bonds is 6. The van der Waals surface area contributed by atoms with Gasteiger partial charge in [0.05, 0.1) is 11.0 Å². The van der Waals surface area contributed by atoms with Crippen molar-refractivity contribution in [1.29, 1.82) is 0 Å². The molecule has 3 aromatic rings. The number of benzene rings is 2. The lowest BCUT2D eigenvalue weighted by Crippen LogP contribution is -2.26. The highest BCUT2D eigenvalue weighted by Crippen LogP contribution is 2.16. The number of carbonyl (C=O) groups is 1. The molecule has 0 spiro atoms. The van der Waals surface area contributed by atoms with Crippen molar-refractivity contribution in [3.8, 4) is 0 Å². The fourth-order valence-corrected chi connectivity index (χ4v) is 2.88. The van der Waals surface area contributed by atoms with Crippen LogP contribution in [0.4, 0.5) is 0 Å². The molecule has 0 aliphatic rings. The van der Waals surface area contributed by atoms with E-state index in [4.69, 9.17) is 4.98 Å². The summed E-state index contributed by atoms with van der Waals surface area (Å²) in [5.41, 5.74) is 4.03. The Kier molecular flexibility index (Phi) is 4.94. The van der Waals surface area contributed by atoms with E-state index in [9.17, 15) is 4.79 Å². The zero-order valence-electron chi connectivity index (χ0n) is 14.2. The van der Waals surface area contributed by atoms with Gasteiger partial charge in [-0.15, -0.1) is 0 Å². The predicted octanol–water partition coefficient (Wildman–Crippen LogP) is 3.73. The Morgan fingerprint density at radius 3 is 2.62 bits per heavy atom. The lowest BCUT2D eigenvalue weighted by Gasteiger charge is -2.09. The molecular weight excluding hydrogens is 298 g/mol. The predicted molar refractivity (Wildman–Crippen MR) is 97.2 cm³/mol. The first-order valence-corrected chi connectivity index (χ1v) is 8.48. The molecule has 1 heterocycles. The molecule has 4 nitrogen and oxygen atoms in total. The first-order valence-electron chi connectivity index (χ1n) is 8.48. The summed E-state index contributed by atoms with van der Waals surface area (Å²) in [4.78, 5) is 16.9. The molecule has 24 heavy (non-hydrogen) atoms. The monoisotopic (exact) mass is 321 g/mol. The Hall–Kier alpha value is -2.62. The molecule has 1 N–H and O–H groups in total. The van der Waals surface area contributed by atoms with Gasteiger partial charge in [0.2, 0.25) is 0 Å². The molecule has 3 rings (SSSR count). The summed E-state index contributed by atoms with van der Waals surface area (Å²) in [6.45, 7) is 5.71. The van der Waals surface area contributed by atoms with Crippen LogP contribution >= 0.6 is 0 Å². The summed E-state index contributed by atoms with van der Waals surface area (Å²) in [6.07, 6.45) is 1.79. The van der Waals surface area contributed by atoms with Crippen LogP contribution in [0.2, 0.25) is 0 Å². The third kappa shape index (κ3) is 3.48. The first-order chi connectivity index (χ1) is 11.7. The van der Waals surface area contributed by atoms with Crippen molar-refractivity contribution in [2.24, 2.45) is 0 Å². The average Bonchev–Trinajstić information content (AvgIpc) is 2.94. The second-order valence-corrected chi connectivity index (χ2v) is 6.04. The second kappa shape index (κ2) is 7.30. The molecular formula is C20H23N3O. The molecule has 1 amide bonds. The highest BCUT2D eigenvalue weighted by Gasteiger charge is 2.10. The average molecular weight is 321 g/mol. The number of hydrogen-bond donors (Lipinski definition) is 1. The third-order valence-electron chi connectivity index (χ3n) is 4.13. The number of aryl methyl sites for hydroxylation is 2. The maximum absolute atomic E-state index is 12.2. The molecule has 124 valence electrons. The normalized spacial score (nSPS) is 10.9. The number of para-hydroxylation sites is 2. The quantitative estimate of drug-likeness (QED) is 0.752. The lowest BCUT2D eigenvalue weighted by molar-refractivity contribution is 0.0954.